The Bertz CT molecular complexity index is 262. The quantitative estimate of drug-likeness (QED) is 0.452. The van der Waals surface area contributed by atoms with Crippen LogP contribution in [0.2, 0.25) is 0 Å². The molecular weight excluding hydrogens is 258 g/mol. The maximum Gasteiger partial charge on any atom is 0.139 e. The molecule has 0 atom stereocenters. The summed E-state index contributed by atoms with van der Waals surface area (Å²) < 4.78 is 18.8. The molecule has 0 saturated heterocycles. The second-order valence-electron chi connectivity index (χ2n) is 4.74. The van der Waals surface area contributed by atoms with E-state index in [-0.39, 0.29) is 5.75 Å². The normalized spacial score (nSPS) is 9.79. The average molecular weight is 289 g/mol. The molecule has 4 heteroatoms. The van der Waals surface area contributed by atoms with E-state index in [2.05, 4.69) is 13.0 Å². The fourth-order valence-electron chi connectivity index (χ4n) is 1.69. The predicted octanol–water partition coefficient (Wildman–Crippen LogP) is 4.44. The Kier molecular flexibility index (Phi) is 21.6. The molecule has 0 rings (SSSR count). The zero-order valence-corrected chi connectivity index (χ0v) is 13.6. The Balaban J connectivity index is 0. The lowest BCUT2D eigenvalue weighted by Crippen LogP contribution is -1.81. The number of thiol groups is 1. The molecule has 0 saturated carbocycles. The Morgan fingerprint density at radius 2 is 1.16 bits per heavy atom. The first-order chi connectivity index (χ1) is 9.18. The molecule has 0 spiro atoms. The van der Waals surface area contributed by atoms with Crippen LogP contribution in [0.4, 0.5) is 0 Å². The van der Waals surface area contributed by atoms with Gasteiger partial charge >= 0.3 is 0 Å². The third kappa shape index (κ3) is 26.9. The first kappa shape index (κ1) is 20.8. The van der Waals surface area contributed by atoms with Crippen molar-refractivity contribution in [2.45, 2.75) is 84.5 Å². The second kappa shape index (κ2) is 19.8. The third-order valence-electron chi connectivity index (χ3n) is 2.90. The van der Waals surface area contributed by atoms with Gasteiger partial charge in [-0.1, -0.05) is 71.6 Å². The SMILES string of the molecule is CCCCCCCCCCCCC#N.CC[SH](=O)=O. The van der Waals surface area contributed by atoms with Crippen LogP contribution in [-0.4, -0.2) is 14.2 Å². The fraction of sp³-hybridized carbons (Fsp3) is 0.933. The minimum absolute atomic E-state index is 0.259. The van der Waals surface area contributed by atoms with Gasteiger partial charge in [0.1, 0.15) is 10.7 Å². The van der Waals surface area contributed by atoms with Crippen molar-refractivity contribution in [3.05, 3.63) is 0 Å². The van der Waals surface area contributed by atoms with Crippen LogP contribution in [0, 0.1) is 11.3 Å². The van der Waals surface area contributed by atoms with E-state index >= 15 is 0 Å². The summed E-state index contributed by atoms with van der Waals surface area (Å²) >= 11 is 0. The highest BCUT2D eigenvalue weighted by atomic mass is 32.2. The average Bonchev–Trinajstić information content (AvgIpc) is 2.41. The number of unbranched alkanes of at least 4 members (excludes halogenated alkanes) is 10. The molecule has 0 amide bonds. The topological polar surface area (TPSA) is 57.9 Å². The van der Waals surface area contributed by atoms with Crippen molar-refractivity contribution in [2.24, 2.45) is 0 Å². The van der Waals surface area contributed by atoms with E-state index in [1.165, 1.54) is 57.8 Å². The van der Waals surface area contributed by atoms with Crippen LogP contribution >= 0.6 is 0 Å². The van der Waals surface area contributed by atoms with Crippen molar-refractivity contribution in [3.8, 4) is 6.07 Å². The van der Waals surface area contributed by atoms with E-state index < -0.39 is 10.7 Å². The zero-order valence-electron chi connectivity index (χ0n) is 12.7. The Morgan fingerprint density at radius 1 is 0.789 bits per heavy atom. The van der Waals surface area contributed by atoms with Gasteiger partial charge in [-0.05, 0) is 6.42 Å². The standard InChI is InChI=1S/C13H25N.C2H6O2S/c1-2-3-4-5-6-7-8-9-10-11-12-13-14;1-2-5(3)4/h2-12H2,1H3;5H,2H2,1H3. The predicted molar refractivity (Wildman–Crippen MR) is 82.9 cm³/mol. The van der Waals surface area contributed by atoms with Gasteiger partial charge in [0.25, 0.3) is 0 Å². The molecule has 0 bridgehead atoms. The summed E-state index contributed by atoms with van der Waals surface area (Å²) in [6.07, 6.45) is 14.2. The summed E-state index contributed by atoms with van der Waals surface area (Å²) in [7, 11) is -2.10. The van der Waals surface area contributed by atoms with Crippen LogP contribution < -0.4 is 0 Å². The number of hydrogen-bond acceptors (Lipinski definition) is 3. The molecule has 0 aromatic heterocycles. The monoisotopic (exact) mass is 289 g/mol. The van der Waals surface area contributed by atoms with Gasteiger partial charge in [-0.2, -0.15) is 5.26 Å². The molecule has 0 heterocycles. The lowest BCUT2D eigenvalue weighted by Gasteiger charge is -2.00. The molecule has 0 N–H and O–H groups in total. The van der Waals surface area contributed by atoms with E-state index in [0.29, 0.717) is 0 Å². The fourth-order valence-corrected chi connectivity index (χ4v) is 1.69. The number of hydrogen-bond donors (Lipinski definition) is 1. The van der Waals surface area contributed by atoms with Gasteiger partial charge in [0.05, 0.1) is 6.07 Å². The first-order valence-corrected chi connectivity index (χ1v) is 9.04. The molecule has 0 aliphatic carbocycles. The molecule has 114 valence electrons. The molecule has 0 aromatic rings. The summed E-state index contributed by atoms with van der Waals surface area (Å²) in [5, 5.41) is 8.34. The summed E-state index contributed by atoms with van der Waals surface area (Å²) in [6, 6.07) is 2.19. The molecule has 0 unspecified atom stereocenters. The molecule has 0 aliphatic heterocycles. The highest BCUT2D eigenvalue weighted by Crippen LogP contribution is 2.10. The summed E-state index contributed by atoms with van der Waals surface area (Å²) in [4.78, 5) is 0. The minimum atomic E-state index is -2.10. The number of nitrogens with zero attached hydrogens (tertiary/aromatic N) is 1. The lowest BCUT2D eigenvalue weighted by molar-refractivity contribution is 0.558. The van der Waals surface area contributed by atoms with E-state index in [9.17, 15) is 8.42 Å². The van der Waals surface area contributed by atoms with Gasteiger partial charge < -0.3 is 0 Å². The Labute approximate surface area is 121 Å². The zero-order chi connectivity index (χ0) is 14.8. The highest BCUT2D eigenvalue weighted by Gasteiger charge is 1.91. The molecule has 0 radical (unpaired) electrons. The lowest BCUT2D eigenvalue weighted by atomic mass is 10.1. The van der Waals surface area contributed by atoms with E-state index in [4.69, 9.17) is 5.26 Å². The number of nitriles is 1. The third-order valence-corrected chi connectivity index (χ3v) is 3.42. The van der Waals surface area contributed by atoms with Crippen LogP contribution in [0.15, 0.2) is 0 Å². The maximum absolute atomic E-state index is 9.41. The van der Waals surface area contributed by atoms with Crippen LogP contribution in [0.3, 0.4) is 0 Å². The first-order valence-electron chi connectivity index (χ1n) is 7.67. The van der Waals surface area contributed by atoms with E-state index in [1.807, 2.05) is 0 Å². The molecule has 0 aliphatic rings. The van der Waals surface area contributed by atoms with Crippen molar-refractivity contribution in [1.29, 1.82) is 5.26 Å². The highest BCUT2D eigenvalue weighted by molar-refractivity contribution is 7.72. The molecule has 19 heavy (non-hydrogen) atoms. The number of rotatable bonds is 11. The van der Waals surface area contributed by atoms with Crippen LogP contribution in [0.1, 0.15) is 84.5 Å². The molecular formula is C15H31NO2S. The molecule has 0 aromatic carbocycles. The van der Waals surface area contributed by atoms with Gasteiger partial charge in [-0.3, -0.25) is 0 Å². The van der Waals surface area contributed by atoms with Crippen molar-refractivity contribution in [2.75, 3.05) is 5.75 Å². The van der Waals surface area contributed by atoms with Gasteiger partial charge in [-0.25, -0.2) is 8.42 Å². The van der Waals surface area contributed by atoms with E-state index in [0.717, 1.165) is 12.8 Å². The Morgan fingerprint density at radius 3 is 1.47 bits per heavy atom. The smallest absolute Gasteiger partial charge is 0.139 e. The largest absolute Gasteiger partial charge is 0.232 e. The van der Waals surface area contributed by atoms with Crippen molar-refractivity contribution >= 4 is 10.7 Å². The van der Waals surface area contributed by atoms with Crippen molar-refractivity contribution < 1.29 is 8.42 Å². The van der Waals surface area contributed by atoms with E-state index in [1.54, 1.807) is 6.92 Å². The van der Waals surface area contributed by atoms with Crippen molar-refractivity contribution in [3.63, 3.8) is 0 Å². The summed E-state index contributed by atoms with van der Waals surface area (Å²) in [6.45, 7) is 3.86. The van der Waals surface area contributed by atoms with Crippen LogP contribution in [-0.2, 0) is 10.7 Å². The second-order valence-corrected chi connectivity index (χ2v) is 6.04. The van der Waals surface area contributed by atoms with Crippen LogP contribution in [0.25, 0.3) is 0 Å². The Hall–Kier alpha value is -0.560. The molecule has 0 fully saturated rings. The van der Waals surface area contributed by atoms with Crippen LogP contribution in [0.5, 0.6) is 0 Å². The molecule has 3 nitrogen and oxygen atoms in total. The maximum atomic E-state index is 9.41. The van der Waals surface area contributed by atoms with Gasteiger partial charge in [-0.15, -0.1) is 0 Å². The van der Waals surface area contributed by atoms with Gasteiger partial charge in [0.15, 0.2) is 0 Å². The van der Waals surface area contributed by atoms with Gasteiger partial charge in [0, 0.05) is 12.2 Å². The summed E-state index contributed by atoms with van der Waals surface area (Å²) in [5.74, 6) is 0.259. The minimum Gasteiger partial charge on any atom is -0.232 e. The summed E-state index contributed by atoms with van der Waals surface area (Å²) in [5.41, 5.74) is 0. The van der Waals surface area contributed by atoms with Crippen molar-refractivity contribution in [1.82, 2.24) is 0 Å². The van der Waals surface area contributed by atoms with Gasteiger partial charge in [0.2, 0.25) is 0 Å².